The van der Waals surface area contributed by atoms with Crippen molar-refractivity contribution in [2.24, 2.45) is 0 Å². The molecular weight excluding hydrogens is 297 g/mol. The normalized spacial score (nSPS) is 10.2. The van der Waals surface area contributed by atoms with Crippen molar-refractivity contribution >= 4 is 33.2 Å². The first-order valence-corrected chi connectivity index (χ1v) is 5.07. The van der Waals surface area contributed by atoms with Crippen molar-refractivity contribution in [2.45, 2.75) is 4.32 Å². The summed E-state index contributed by atoms with van der Waals surface area (Å²) in [5.41, 5.74) is -0.00996. The molecule has 0 aliphatic heterocycles. The minimum Gasteiger partial charge on any atom is -0.258 e. The molecule has 0 aliphatic carbocycles. The van der Waals surface area contributed by atoms with E-state index in [0.29, 0.717) is 0 Å². The average molecular weight is 300 g/mol. The van der Waals surface area contributed by atoms with E-state index in [2.05, 4.69) is 15.9 Å². The fraction of sp³-hybridized carbons (Fsp3) is 0.111. The topological polar surface area (TPSA) is 90.7 Å². The number of non-ortho nitro benzene ring substituents is 1. The molecule has 1 rings (SSSR count). The van der Waals surface area contributed by atoms with Gasteiger partial charge >= 0.3 is 0 Å². The highest BCUT2D eigenvalue weighted by Crippen LogP contribution is 2.36. The molecule has 1 aromatic rings. The number of benzene rings is 1. The van der Waals surface area contributed by atoms with Gasteiger partial charge in [-0.05, 0) is 22.0 Å². The lowest BCUT2D eigenvalue weighted by molar-refractivity contribution is -0.384. The van der Waals surface area contributed by atoms with E-state index in [9.17, 15) is 10.1 Å². The predicted molar refractivity (Wildman–Crippen MR) is 59.9 cm³/mol. The van der Waals surface area contributed by atoms with Crippen LogP contribution < -0.4 is 0 Å². The Morgan fingerprint density at radius 3 is 2.38 bits per heavy atom. The van der Waals surface area contributed by atoms with Gasteiger partial charge < -0.3 is 0 Å². The number of nitro benzene ring substituents is 1. The van der Waals surface area contributed by atoms with Gasteiger partial charge in [0.25, 0.3) is 5.69 Å². The van der Waals surface area contributed by atoms with E-state index in [1.165, 1.54) is 12.1 Å². The highest BCUT2D eigenvalue weighted by Gasteiger charge is 2.31. The van der Waals surface area contributed by atoms with Gasteiger partial charge in [0.1, 0.15) is 12.1 Å². The Bertz CT molecular complexity index is 519. The minimum absolute atomic E-state index is 0.00539. The Morgan fingerprint density at radius 1 is 1.44 bits per heavy atom. The van der Waals surface area contributed by atoms with E-state index in [0.717, 1.165) is 6.07 Å². The smallest absolute Gasteiger partial charge is 0.258 e. The molecule has 0 aromatic heterocycles. The van der Waals surface area contributed by atoms with Gasteiger partial charge in [-0.1, -0.05) is 11.6 Å². The lowest BCUT2D eigenvalue weighted by Gasteiger charge is -2.11. The molecule has 0 spiro atoms. The lowest BCUT2D eigenvalue weighted by atomic mass is 10.0. The van der Waals surface area contributed by atoms with Crippen LogP contribution in [-0.4, -0.2) is 4.92 Å². The third-order valence-corrected chi connectivity index (χ3v) is 2.94. The first-order chi connectivity index (χ1) is 7.44. The largest absolute Gasteiger partial charge is 0.270 e. The second-order valence-corrected chi connectivity index (χ2v) is 4.40. The average Bonchev–Trinajstić information content (AvgIpc) is 2.27. The molecule has 0 radical (unpaired) electrons. The van der Waals surface area contributed by atoms with Gasteiger partial charge in [0.15, 0.2) is 0 Å². The summed E-state index contributed by atoms with van der Waals surface area (Å²) < 4.78 is -1.58. The van der Waals surface area contributed by atoms with E-state index >= 15 is 0 Å². The molecule has 0 amide bonds. The third-order valence-electron chi connectivity index (χ3n) is 1.84. The number of nitriles is 2. The van der Waals surface area contributed by atoms with Crippen molar-refractivity contribution in [1.29, 1.82) is 10.5 Å². The van der Waals surface area contributed by atoms with Crippen molar-refractivity contribution in [3.8, 4) is 12.1 Å². The highest BCUT2D eigenvalue weighted by molar-refractivity contribution is 9.10. The molecule has 0 saturated carbocycles. The molecule has 0 bridgehead atoms. The summed E-state index contributed by atoms with van der Waals surface area (Å²) in [6.07, 6.45) is 0. The van der Waals surface area contributed by atoms with Gasteiger partial charge in [-0.3, -0.25) is 10.1 Å². The van der Waals surface area contributed by atoms with Crippen molar-refractivity contribution in [3.63, 3.8) is 0 Å². The number of halogens is 2. The van der Waals surface area contributed by atoms with Gasteiger partial charge in [0.2, 0.25) is 4.32 Å². The standard InChI is InChI=1S/C9H3BrClN3O2/c10-9(4-12,5-13)7-2-1-6(14(15)16)3-8(7)11/h1-3H. The number of hydrogen-bond donors (Lipinski definition) is 0. The molecule has 5 nitrogen and oxygen atoms in total. The molecule has 16 heavy (non-hydrogen) atoms. The van der Waals surface area contributed by atoms with Crippen LogP contribution in [0.5, 0.6) is 0 Å². The second-order valence-electron chi connectivity index (χ2n) is 2.80. The monoisotopic (exact) mass is 299 g/mol. The van der Waals surface area contributed by atoms with Crippen LogP contribution in [0.2, 0.25) is 5.02 Å². The number of nitro groups is 1. The molecule has 0 heterocycles. The van der Waals surface area contributed by atoms with Gasteiger partial charge in [0, 0.05) is 17.7 Å². The molecular formula is C9H3BrClN3O2. The van der Waals surface area contributed by atoms with E-state index in [1.54, 1.807) is 12.1 Å². The summed E-state index contributed by atoms with van der Waals surface area (Å²) in [5, 5.41) is 28.1. The van der Waals surface area contributed by atoms with Crippen LogP contribution in [0.4, 0.5) is 5.69 Å². The molecule has 0 aliphatic rings. The zero-order chi connectivity index (χ0) is 12.3. The number of rotatable bonds is 2. The predicted octanol–water partition coefficient (Wildman–Crippen LogP) is 2.89. The Balaban J connectivity index is 3.36. The van der Waals surface area contributed by atoms with E-state index in [4.69, 9.17) is 22.1 Å². The first kappa shape index (κ1) is 12.4. The van der Waals surface area contributed by atoms with Gasteiger partial charge in [0.05, 0.1) is 9.95 Å². The zero-order valence-corrected chi connectivity index (χ0v) is 9.99. The Morgan fingerprint density at radius 2 is 2.00 bits per heavy atom. The molecule has 0 unspecified atom stereocenters. The molecule has 1 aromatic carbocycles. The first-order valence-electron chi connectivity index (χ1n) is 3.90. The Kier molecular flexibility index (Phi) is 3.48. The van der Waals surface area contributed by atoms with Gasteiger partial charge in [-0.25, -0.2) is 0 Å². The van der Waals surface area contributed by atoms with Crippen molar-refractivity contribution in [2.75, 3.05) is 0 Å². The van der Waals surface area contributed by atoms with Crippen LogP contribution in [0.25, 0.3) is 0 Å². The Hall–Kier alpha value is -1.63. The summed E-state index contributed by atoms with van der Waals surface area (Å²) in [7, 11) is 0. The molecule has 80 valence electrons. The molecule has 0 saturated heterocycles. The van der Waals surface area contributed by atoms with Crippen LogP contribution in [-0.2, 0) is 4.32 Å². The second kappa shape index (κ2) is 4.48. The Labute approximate surface area is 104 Å². The third kappa shape index (κ3) is 2.13. The summed E-state index contributed by atoms with van der Waals surface area (Å²) in [4.78, 5) is 9.85. The number of alkyl halides is 1. The SMILES string of the molecule is N#CC(Br)(C#N)c1ccc([N+](=O)[O-])cc1Cl. The minimum atomic E-state index is -1.58. The van der Waals surface area contributed by atoms with Gasteiger partial charge in [-0.15, -0.1) is 0 Å². The molecule has 7 heteroatoms. The van der Waals surface area contributed by atoms with E-state index < -0.39 is 9.25 Å². The summed E-state index contributed by atoms with van der Waals surface area (Å²) >= 11 is 8.71. The summed E-state index contributed by atoms with van der Waals surface area (Å²) in [5.74, 6) is 0. The van der Waals surface area contributed by atoms with Crippen LogP contribution in [0.3, 0.4) is 0 Å². The maximum atomic E-state index is 10.5. The van der Waals surface area contributed by atoms with E-state index in [-0.39, 0.29) is 16.3 Å². The fourth-order valence-electron chi connectivity index (χ4n) is 1.04. The highest BCUT2D eigenvalue weighted by atomic mass is 79.9. The van der Waals surface area contributed by atoms with Crippen LogP contribution in [0.1, 0.15) is 5.56 Å². The summed E-state index contributed by atoms with van der Waals surface area (Å²) in [6, 6.07) is 7.03. The van der Waals surface area contributed by atoms with Crippen LogP contribution in [0, 0.1) is 32.8 Å². The number of hydrogen-bond acceptors (Lipinski definition) is 4. The number of nitrogens with zero attached hydrogens (tertiary/aromatic N) is 3. The van der Waals surface area contributed by atoms with Gasteiger partial charge in [-0.2, -0.15) is 10.5 Å². The van der Waals surface area contributed by atoms with Crippen molar-refractivity contribution in [3.05, 3.63) is 38.9 Å². The van der Waals surface area contributed by atoms with Crippen molar-refractivity contribution < 1.29 is 4.92 Å². The van der Waals surface area contributed by atoms with Crippen LogP contribution >= 0.6 is 27.5 Å². The lowest BCUT2D eigenvalue weighted by Crippen LogP contribution is -2.12. The quantitative estimate of drug-likeness (QED) is 0.477. The fourth-order valence-corrected chi connectivity index (χ4v) is 1.82. The maximum Gasteiger partial charge on any atom is 0.270 e. The van der Waals surface area contributed by atoms with Crippen LogP contribution in [0.15, 0.2) is 18.2 Å². The molecule has 0 atom stereocenters. The van der Waals surface area contributed by atoms with E-state index in [1.807, 2.05) is 0 Å². The zero-order valence-electron chi connectivity index (χ0n) is 7.65. The summed E-state index contributed by atoms with van der Waals surface area (Å²) in [6.45, 7) is 0. The van der Waals surface area contributed by atoms with Crippen molar-refractivity contribution in [1.82, 2.24) is 0 Å². The molecule has 0 fully saturated rings. The molecule has 0 N–H and O–H groups in total. The maximum absolute atomic E-state index is 10.5.